The molecule has 2 heterocycles. The molecule has 1 amide bonds. The van der Waals surface area contributed by atoms with Gasteiger partial charge in [0.1, 0.15) is 6.54 Å². The number of benzene rings is 2. The predicted octanol–water partition coefficient (Wildman–Crippen LogP) is 4.09. The van der Waals surface area contributed by atoms with Crippen LogP contribution in [0.15, 0.2) is 57.8 Å². The van der Waals surface area contributed by atoms with E-state index in [0.717, 1.165) is 12.1 Å². The molecule has 158 valence electrons. The van der Waals surface area contributed by atoms with Crippen molar-refractivity contribution in [2.24, 2.45) is 0 Å². The summed E-state index contributed by atoms with van der Waals surface area (Å²) in [6, 6.07) is 11.4. The average molecular weight is 424 g/mol. The van der Waals surface area contributed by atoms with Crippen LogP contribution in [0.2, 0.25) is 0 Å². The number of halogens is 2. The maximum Gasteiger partial charge on any atom is 0.258 e. The van der Waals surface area contributed by atoms with E-state index in [1.54, 1.807) is 24.3 Å². The van der Waals surface area contributed by atoms with Crippen molar-refractivity contribution in [1.29, 1.82) is 0 Å². The number of hydrogen-bond donors (Lipinski definition) is 1. The van der Waals surface area contributed by atoms with Gasteiger partial charge in [-0.2, -0.15) is 4.98 Å². The molecule has 1 N–H and O–H groups in total. The zero-order valence-corrected chi connectivity index (χ0v) is 16.7. The van der Waals surface area contributed by atoms with Gasteiger partial charge in [0.2, 0.25) is 5.91 Å². The van der Waals surface area contributed by atoms with Gasteiger partial charge in [0.15, 0.2) is 17.5 Å². The van der Waals surface area contributed by atoms with Gasteiger partial charge in [-0.1, -0.05) is 37.2 Å². The molecule has 0 unspecified atom stereocenters. The second kappa shape index (κ2) is 8.10. The molecule has 0 fully saturated rings. The van der Waals surface area contributed by atoms with Gasteiger partial charge in [-0.05, 0) is 18.2 Å². The van der Waals surface area contributed by atoms with Crippen LogP contribution in [0.4, 0.5) is 14.5 Å². The number of rotatable bonds is 5. The Morgan fingerprint density at radius 1 is 1.13 bits per heavy atom. The summed E-state index contributed by atoms with van der Waals surface area (Å²) in [7, 11) is 0. The van der Waals surface area contributed by atoms with E-state index >= 15 is 0 Å². The normalized spacial score (nSPS) is 11.3. The number of fused-ring (bicyclic) bond motifs is 1. The summed E-state index contributed by atoms with van der Waals surface area (Å²) in [5, 5.41) is 7.06. The Bertz CT molecular complexity index is 1340. The molecule has 0 bridgehead atoms. The number of pyridine rings is 1. The van der Waals surface area contributed by atoms with Crippen LogP contribution in [0.25, 0.3) is 22.4 Å². The molecule has 0 aliphatic heterocycles. The van der Waals surface area contributed by atoms with Gasteiger partial charge in [-0.3, -0.25) is 14.2 Å². The smallest absolute Gasteiger partial charge is 0.258 e. The van der Waals surface area contributed by atoms with Crippen molar-refractivity contribution in [3.8, 4) is 11.5 Å². The number of hydrogen-bond acceptors (Lipinski definition) is 5. The third kappa shape index (κ3) is 4.07. The lowest BCUT2D eigenvalue weighted by molar-refractivity contribution is -0.116. The minimum atomic E-state index is -1.08. The number of carbonyl (C=O) groups excluding carboxylic acids is 1. The molecule has 0 aliphatic rings. The summed E-state index contributed by atoms with van der Waals surface area (Å²) in [6.07, 6.45) is 0. The van der Waals surface area contributed by atoms with Crippen LogP contribution in [0, 0.1) is 11.6 Å². The summed E-state index contributed by atoms with van der Waals surface area (Å²) in [5.41, 5.74) is 0.607. The van der Waals surface area contributed by atoms with E-state index in [2.05, 4.69) is 15.5 Å². The Hall–Kier alpha value is -3.88. The summed E-state index contributed by atoms with van der Waals surface area (Å²) in [4.78, 5) is 29.7. The van der Waals surface area contributed by atoms with Gasteiger partial charge in [-0.25, -0.2) is 8.78 Å². The molecule has 7 nitrogen and oxygen atoms in total. The van der Waals surface area contributed by atoms with Crippen molar-refractivity contribution in [1.82, 2.24) is 14.7 Å². The highest BCUT2D eigenvalue weighted by atomic mass is 19.2. The van der Waals surface area contributed by atoms with E-state index in [-0.39, 0.29) is 24.0 Å². The number of amides is 1. The average Bonchev–Trinajstić information content (AvgIpc) is 3.23. The minimum absolute atomic E-state index is 0.0594. The summed E-state index contributed by atoms with van der Waals surface area (Å²) in [6.45, 7) is 3.53. The fourth-order valence-electron chi connectivity index (χ4n) is 3.17. The molecule has 0 aliphatic carbocycles. The Kier molecular flexibility index (Phi) is 5.33. The van der Waals surface area contributed by atoms with Crippen LogP contribution in [0.3, 0.4) is 0 Å². The minimum Gasteiger partial charge on any atom is -0.334 e. The largest absolute Gasteiger partial charge is 0.334 e. The maximum absolute atomic E-state index is 13.4. The number of nitrogens with one attached hydrogen (secondary N) is 1. The van der Waals surface area contributed by atoms with Crippen molar-refractivity contribution >= 4 is 22.5 Å². The molecule has 0 atom stereocenters. The highest BCUT2D eigenvalue weighted by Gasteiger charge is 2.18. The van der Waals surface area contributed by atoms with Crippen LogP contribution in [-0.2, 0) is 11.3 Å². The van der Waals surface area contributed by atoms with Gasteiger partial charge in [0.25, 0.3) is 11.4 Å². The second-order valence-corrected chi connectivity index (χ2v) is 7.29. The zero-order valence-electron chi connectivity index (χ0n) is 16.7. The van der Waals surface area contributed by atoms with Crippen molar-refractivity contribution < 1.29 is 18.1 Å². The molecular formula is C22H18F2N4O3. The highest BCUT2D eigenvalue weighted by Crippen LogP contribution is 2.27. The van der Waals surface area contributed by atoms with Gasteiger partial charge in [0, 0.05) is 29.1 Å². The monoisotopic (exact) mass is 424 g/mol. The summed E-state index contributed by atoms with van der Waals surface area (Å²) in [5.74, 6) is -1.86. The van der Waals surface area contributed by atoms with Crippen LogP contribution in [-0.4, -0.2) is 20.6 Å². The van der Waals surface area contributed by atoms with Crippen molar-refractivity contribution in [2.75, 3.05) is 5.32 Å². The topological polar surface area (TPSA) is 90.0 Å². The molecule has 9 heteroatoms. The van der Waals surface area contributed by atoms with Crippen molar-refractivity contribution in [2.45, 2.75) is 26.3 Å². The number of nitrogens with zero attached hydrogens (tertiary/aromatic N) is 3. The number of carbonyl (C=O) groups is 1. The Morgan fingerprint density at radius 3 is 2.61 bits per heavy atom. The number of aromatic nitrogens is 3. The van der Waals surface area contributed by atoms with Crippen LogP contribution in [0.1, 0.15) is 25.6 Å². The van der Waals surface area contributed by atoms with Crippen LogP contribution >= 0.6 is 0 Å². The Morgan fingerprint density at radius 2 is 1.90 bits per heavy atom. The Labute approximate surface area is 175 Å². The van der Waals surface area contributed by atoms with Gasteiger partial charge in [-0.15, -0.1) is 0 Å². The van der Waals surface area contributed by atoms with Crippen molar-refractivity contribution in [3.63, 3.8) is 0 Å². The first-order valence-electron chi connectivity index (χ1n) is 9.55. The summed E-state index contributed by atoms with van der Waals surface area (Å²) >= 11 is 0. The standard InChI is InChI=1S/C22H18F2N4O3/c1-12(2)21-26-22(31-27-21)15-10-20(30)28(18-6-4-3-5-14(15)18)11-19(29)25-13-7-8-16(23)17(24)9-13/h3-10,12H,11H2,1-2H3,(H,25,29). The molecule has 0 saturated carbocycles. The van der Waals surface area contributed by atoms with E-state index in [0.29, 0.717) is 22.3 Å². The first-order chi connectivity index (χ1) is 14.8. The van der Waals surface area contributed by atoms with Gasteiger partial charge >= 0.3 is 0 Å². The molecule has 2 aromatic heterocycles. The molecular weight excluding hydrogens is 406 g/mol. The van der Waals surface area contributed by atoms with Gasteiger partial charge < -0.3 is 9.84 Å². The molecule has 4 aromatic rings. The third-order valence-corrected chi connectivity index (χ3v) is 4.71. The highest BCUT2D eigenvalue weighted by molar-refractivity contribution is 5.95. The third-order valence-electron chi connectivity index (χ3n) is 4.71. The van der Waals surface area contributed by atoms with E-state index in [4.69, 9.17) is 4.52 Å². The van der Waals surface area contributed by atoms with Crippen LogP contribution in [0.5, 0.6) is 0 Å². The summed E-state index contributed by atoms with van der Waals surface area (Å²) < 4.78 is 33.1. The molecule has 2 aromatic carbocycles. The quantitative estimate of drug-likeness (QED) is 0.521. The maximum atomic E-state index is 13.4. The lowest BCUT2D eigenvalue weighted by Crippen LogP contribution is -2.27. The van der Waals surface area contributed by atoms with Gasteiger partial charge in [0.05, 0.1) is 11.1 Å². The van der Waals surface area contributed by atoms with Crippen molar-refractivity contribution in [3.05, 3.63) is 76.3 Å². The Balaban J connectivity index is 1.70. The first-order valence-corrected chi connectivity index (χ1v) is 9.55. The first kappa shape index (κ1) is 20.4. The van der Waals surface area contributed by atoms with E-state index < -0.39 is 23.1 Å². The lowest BCUT2D eigenvalue weighted by atomic mass is 10.1. The number of para-hydroxylation sites is 1. The molecule has 4 rings (SSSR count). The molecule has 0 spiro atoms. The SMILES string of the molecule is CC(C)c1noc(-c2cc(=O)n(CC(=O)Nc3ccc(F)c(F)c3)c3ccccc23)n1. The van der Waals surface area contributed by atoms with E-state index in [9.17, 15) is 18.4 Å². The van der Waals surface area contributed by atoms with E-state index in [1.807, 2.05) is 13.8 Å². The predicted molar refractivity (Wildman–Crippen MR) is 111 cm³/mol. The van der Waals surface area contributed by atoms with Crippen LogP contribution < -0.4 is 10.9 Å². The fourth-order valence-corrected chi connectivity index (χ4v) is 3.17. The molecule has 0 saturated heterocycles. The second-order valence-electron chi connectivity index (χ2n) is 7.29. The fraction of sp³-hybridized carbons (Fsp3) is 0.182. The lowest BCUT2D eigenvalue weighted by Gasteiger charge is -2.12. The molecule has 0 radical (unpaired) electrons. The molecule has 31 heavy (non-hydrogen) atoms. The zero-order chi connectivity index (χ0) is 22.1. The number of anilines is 1. The van der Waals surface area contributed by atoms with E-state index in [1.165, 1.54) is 16.7 Å².